The molecule has 1 unspecified atom stereocenters. The Kier molecular flexibility index (Phi) is 4.41. The van der Waals surface area contributed by atoms with Gasteiger partial charge in [0.1, 0.15) is 5.75 Å². The second-order valence-corrected chi connectivity index (χ2v) is 5.07. The van der Waals surface area contributed by atoms with E-state index < -0.39 is 0 Å². The van der Waals surface area contributed by atoms with Crippen molar-refractivity contribution >= 4 is 5.91 Å². The van der Waals surface area contributed by atoms with E-state index in [4.69, 9.17) is 0 Å². The SMILES string of the molecule is Cc1ccc(C(=O)NC(C)Cc2ccccc2)cc1O. The first-order valence-electron chi connectivity index (χ1n) is 6.70. The Morgan fingerprint density at radius 3 is 2.55 bits per heavy atom. The molecule has 0 heterocycles. The van der Waals surface area contributed by atoms with Crippen molar-refractivity contribution < 1.29 is 9.90 Å². The largest absolute Gasteiger partial charge is 0.508 e. The lowest BCUT2D eigenvalue weighted by Gasteiger charge is -2.14. The highest BCUT2D eigenvalue weighted by molar-refractivity contribution is 5.94. The van der Waals surface area contributed by atoms with Crippen LogP contribution in [-0.4, -0.2) is 17.1 Å². The van der Waals surface area contributed by atoms with Crippen molar-refractivity contribution in [3.63, 3.8) is 0 Å². The second kappa shape index (κ2) is 6.24. The maximum absolute atomic E-state index is 12.1. The number of hydrogen-bond donors (Lipinski definition) is 2. The minimum absolute atomic E-state index is 0.0355. The summed E-state index contributed by atoms with van der Waals surface area (Å²) in [6, 6.07) is 15.0. The van der Waals surface area contributed by atoms with Crippen LogP contribution in [0.1, 0.15) is 28.4 Å². The molecular formula is C17H19NO2. The zero-order valence-corrected chi connectivity index (χ0v) is 11.8. The van der Waals surface area contributed by atoms with Gasteiger partial charge < -0.3 is 10.4 Å². The number of aromatic hydroxyl groups is 1. The van der Waals surface area contributed by atoms with Gasteiger partial charge in [-0.2, -0.15) is 0 Å². The van der Waals surface area contributed by atoms with Gasteiger partial charge in [0.2, 0.25) is 0 Å². The Labute approximate surface area is 119 Å². The van der Waals surface area contributed by atoms with Crippen LogP contribution >= 0.6 is 0 Å². The summed E-state index contributed by atoms with van der Waals surface area (Å²) in [6.45, 7) is 3.77. The second-order valence-electron chi connectivity index (χ2n) is 5.07. The first kappa shape index (κ1) is 14.1. The Morgan fingerprint density at radius 1 is 1.20 bits per heavy atom. The lowest BCUT2D eigenvalue weighted by atomic mass is 10.1. The molecule has 0 aliphatic carbocycles. The van der Waals surface area contributed by atoms with E-state index in [0.29, 0.717) is 5.56 Å². The maximum atomic E-state index is 12.1. The fraction of sp³-hybridized carbons (Fsp3) is 0.235. The van der Waals surface area contributed by atoms with Crippen LogP contribution in [0.4, 0.5) is 0 Å². The molecule has 0 saturated heterocycles. The van der Waals surface area contributed by atoms with Crippen LogP contribution in [0.2, 0.25) is 0 Å². The topological polar surface area (TPSA) is 49.3 Å². The molecule has 1 amide bonds. The fourth-order valence-corrected chi connectivity index (χ4v) is 2.08. The molecule has 2 N–H and O–H groups in total. The van der Waals surface area contributed by atoms with Gasteiger partial charge in [0.05, 0.1) is 0 Å². The van der Waals surface area contributed by atoms with Gasteiger partial charge in [-0.15, -0.1) is 0 Å². The van der Waals surface area contributed by atoms with Crippen molar-refractivity contribution in [1.82, 2.24) is 5.32 Å². The van der Waals surface area contributed by atoms with Crippen LogP contribution in [0.15, 0.2) is 48.5 Å². The highest BCUT2D eigenvalue weighted by atomic mass is 16.3. The molecule has 0 aliphatic heterocycles. The summed E-state index contributed by atoms with van der Waals surface area (Å²) < 4.78 is 0. The van der Waals surface area contributed by atoms with Crippen LogP contribution < -0.4 is 5.32 Å². The van der Waals surface area contributed by atoms with Gasteiger partial charge in [0.25, 0.3) is 5.91 Å². The summed E-state index contributed by atoms with van der Waals surface area (Å²) in [4.78, 5) is 12.1. The maximum Gasteiger partial charge on any atom is 0.251 e. The standard InChI is InChI=1S/C17H19NO2/c1-12-8-9-15(11-16(12)19)17(20)18-13(2)10-14-6-4-3-5-7-14/h3-9,11,13,19H,10H2,1-2H3,(H,18,20). The zero-order chi connectivity index (χ0) is 14.5. The summed E-state index contributed by atoms with van der Waals surface area (Å²) in [7, 11) is 0. The first-order chi connectivity index (χ1) is 9.56. The lowest BCUT2D eigenvalue weighted by Crippen LogP contribution is -2.34. The molecule has 3 nitrogen and oxygen atoms in total. The third-order valence-electron chi connectivity index (χ3n) is 3.23. The van der Waals surface area contributed by atoms with Crippen molar-refractivity contribution in [3.05, 3.63) is 65.2 Å². The van der Waals surface area contributed by atoms with E-state index >= 15 is 0 Å². The molecule has 0 spiro atoms. The number of rotatable bonds is 4. The Morgan fingerprint density at radius 2 is 1.90 bits per heavy atom. The molecule has 0 saturated carbocycles. The zero-order valence-electron chi connectivity index (χ0n) is 11.8. The van der Waals surface area contributed by atoms with E-state index in [2.05, 4.69) is 5.32 Å². The van der Waals surface area contributed by atoms with E-state index in [9.17, 15) is 9.90 Å². The highest BCUT2D eigenvalue weighted by Crippen LogP contribution is 2.17. The van der Waals surface area contributed by atoms with Crippen molar-refractivity contribution in [3.8, 4) is 5.75 Å². The fourth-order valence-electron chi connectivity index (χ4n) is 2.08. The van der Waals surface area contributed by atoms with Crippen LogP contribution in [0.5, 0.6) is 5.75 Å². The van der Waals surface area contributed by atoms with E-state index in [1.807, 2.05) is 37.3 Å². The highest BCUT2D eigenvalue weighted by Gasteiger charge is 2.11. The summed E-state index contributed by atoms with van der Waals surface area (Å²) in [6.07, 6.45) is 0.782. The molecule has 3 heteroatoms. The minimum atomic E-state index is -0.163. The number of benzene rings is 2. The average molecular weight is 269 g/mol. The average Bonchev–Trinajstić information content (AvgIpc) is 2.42. The van der Waals surface area contributed by atoms with E-state index in [0.717, 1.165) is 12.0 Å². The predicted molar refractivity (Wildman–Crippen MR) is 79.9 cm³/mol. The Balaban J connectivity index is 1.98. The number of phenols is 1. The number of phenolic OH excluding ortho intramolecular Hbond substituents is 1. The quantitative estimate of drug-likeness (QED) is 0.896. The van der Waals surface area contributed by atoms with E-state index in [-0.39, 0.29) is 17.7 Å². The summed E-state index contributed by atoms with van der Waals surface area (Å²) in [5, 5.41) is 12.6. The van der Waals surface area contributed by atoms with Gasteiger partial charge in [-0.1, -0.05) is 36.4 Å². The molecule has 0 fully saturated rings. The predicted octanol–water partition coefficient (Wildman–Crippen LogP) is 3.06. The number of carbonyl (C=O) groups excluding carboxylic acids is 1. The number of amides is 1. The van der Waals surface area contributed by atoms with Gasteiger partial charge >= 0.3 is 0 Å². The molecule has 2 rings (SSSR count). The van der Waals surface area contributed by atoms with Gasteiger partial charge in [0.15, 0.2) is 0 Å². The van der Waals surface area contributed by atoms with Crippen molar-refractivity contribution in [2.45, 2.75) is 26.3 Å². The van der Waals surface area contributed by atoms with Crippen LogP contribution in [0, 0.1) is 6.92 Å². The molecule has 0 aliphatic rings. The molecule has 20 heavy (non-hydrogen) atoms. The third-order valence-corrected chi connectivity index (χ3v) is 3.23. The lowest BCUT2D eigenvalue weighted by molar-refractivity contribution is 0.0939. The summed E-state index contributed by atoms with van der Waals surface area (Å²) in [5.41, 5.74) is 2.43. The number of aryl methyl sites for hydroxylation is 1. The monoisotopic (exact) mass is 269 g/mol. The molecule has 2 aromatic carbocycles. The van der Waals surface area contributed by atoms with Gasteiger partial charge in [-0.25, -0.2) is 0 Å². The third kappa shape index (κ3) is 3.60. The minimum Gasteiger partial charge on any atom is -0.508 e. The molecule has 1 atom stereocenters. The first-order valence-corrected chi connectivity index (χ1v) is 6.70. The molecule has 0 radical (unpaired) electrons. The summed E-state index contributed by atoms with van der Waals surface area (Å²) in [5.74, 6) is -0.0166. The van der Waals surface area contributed by atoms with Gasteiger partial charge in [-0.05, 0) is 43.5 Å². The van der Waals surface area contributed by atoms with Crippen LogP contribution in [-0.2, 0) is 6.42 Å². The van der Waals surface area contributed by atoms with Gasteiger partial charge in [-0.3, -0.25) is 4.79 Å². The van der Waals surface area contributed by atoms with Crippen molar-refractivity contribution in [1.29, 1.82) is 0 Å². The Bertz CT molecular complexity index is 593. The normalized spacial score (nSPS) is 11.9. The van der Waals surface area contributed by atoms with E-state index in [1.54, 1.807) is 19.1 Å². The number of carbonyl (C=O) groups is 1. The van der Waals surface area contributed by atoms with Crippen molar-refractivity contribution in [2.24, 2.45) is 0 Å². The number of nitrogens with one attached hydrogen (secondary N) is 1. The molecule has 0 aromatic heterocycles. The molecule has 0 bridgehead atoms. The molecular weight excluding hydrogens is 250 g/mol. The van der Waals surface area contributed by atoms with Crippen LogP contribution in [0.3, 0.4) is 0 Å². The van der Waals surface area contributed by atoms with Crippen LogP contribution in [0.25, 0.3) is 0 Å². The molecule has 2 aromatic rings. The smallest absolute Gasteiger partial charge is 0.251 e. The Hall–Kier alpha value is -2.29. The molecule has 104 valence electrons. The van der Waals surface area contributed by atoms with Crippen molar-refractivity contribution in [2.75, 3.05) is 0 Å². The number of hydrogen-bond acceptors (Lipinski definition) is 2. The summed E-state index contributed by atoms with van der Waals surface area (Å²) >= 11 is 0. The van der Waals surface area contributed by atoms with E-state index in [1.165, 1.54) is 11.6 Å². The van der Waals surface area contributed by atoms with Gasteiger partial charge in [0, 0.05) is 11.6 Å².